The van der Waals surface area contributed by atoms with Gasteiger partial charge in [-0.25, -0.2) is 4.79 Å². The molecule has 0 N–H and O–H groups in total. The van der Waals surface area contributed by atoms with Crippen LogP contribution < -0.4 is 0 Å². The number of amides is 1. The summed E-state index contributed by atoms with van der Waals surface area (Å²) in [5.74, 6) is 0. The molecule has 6 heteroatoms. The van der Waals surface area contributed by atoms with E-state index in [1.165, 1.54) is 5.56 Å². The van der Waals surface area contributed by atoms with Crippen LogP contribution in [0.2, 0.25) is 0 Å². The van der Waals surface area contributed by atoms with Crippen LogP contribution in [0, 0.1) is 0 Å². The monoisotopic (exact) mass is 367 g/mol. The molecule has 2 aliphatic heterocycles. The summed E-state index contributed by atoms with van der Waals surface area (Å²) in [5, 5.41) is 0. The molecule has 0 radical (unpaired) electrons. The van der Waals surface area contributed by atoms with Gasteiger partial charge in [0.05, 0.1) is 18.8 Å². The summed E-state index contributed by atoms with van der Waals surface area (Å²) in [7, 11) is 0. The number of carbonyl (C=O) groups excluding carboxylic acids is 1. The average Bonchev–Trinajstić information content (AvgIpc) is 2.73. The van der Waals surface area contributed by atoms with Crippen molar-refractivity contribution in [2.24, 2.45) is 0 Å². The van der Waals surface area contributed by atoms with Gasteiger partial charge in [0.1, 0.15) is 6.61 Å². The first-order valence-corrected chi connectivity index (χ1v) is 9.48. The molecule has 2 aliphatic rings. The van der Waals surface area contributed by atoms with Crippen LogP contribution in [0.4, 0.5) is 4.79 Å². The van der Waals surface area contributed by atoms with Crippen molar-refractivity contribution in [1.29, 1.82) is 0 Å². The number of aromatic nitrogens is 1. The van der Waals surface area contributed by atoms with E-state index in [4.69, 9.17) is 9.47 Å². The third-order valence-corrected chi connectivity index (χ3v) is 5.22. The van der Waals surface area contributed by atoms with Gasteiger partial charge >= 0.3 is 6.09 Å². The van der Waals surface area contributed by atoms with Crippen molar-refractivity contribution < 1.29 is 14.3 Å². The van der Waals surface area contributed by atoms with Crippen LogP contribution in [-0.4, -0.2) is 65.8 Å². The Kier molecular flexibility index (Phi) is 5.65. The van der Waals surface area contributed by atoms with E-state index in [9.17, 15) is 4.79 Å². The summed E-state index contributed by atoms with van der Waals surface area (Å²) >= 11 is 0. The number of rotatable bonds is 4. The lowest BCUT2D eigenvalue weighted by molar-refractivity contribution is -0.0855. The fraction of sp³-hybridized carbons (Fsp3) is 0.429. The SMILES string of the molecule is O=C(OCc1ccccc1)N1CCN2C[C@H](Cc3cccnc3)OC[C@H]2C1. The minimum Gasteiger partial charge on any atom is -0.445 e. The first kappa shape index (κ1) is 17.9. The number of nitrogens with zero attached hydrogens (tertiary/aromatic N) is 3. The van der Waals surface area contributed by atoms with Gasteiger partial charge in [0.25, 0.3) is 0 Å². The molecule has 142 valence electrons. The summed E-state index contributed by atoms with van der Waals surface area (Å²) < 4.78 is 11.5. The lowest BCUT2D eigenvalue weighted by atomic mass is 10.0. The Morgan fingerprint density at radius 2 is 1.96 bits per heavy atom. The van der Waals surface area contributed by atoms with Gasteiger partial charge in [0.15, 0.2) is 0 Å². The average molecular weight is 367 g/mol. The van der Waals surface area contributed by atoms with Crippen molar-refractivity contribution in [2.45, 2.75) is 25.2 Å². The van der Waals surface area contributed by atoms with Crippen LogP contribution in [0.5, 0.6) is 0 Å². The molecule has 6 nitrogen and oxygen atoms in total. The van der Waals surface area contributed by atoms with Crippen molar-refractivity contribution in [3.63, 3.8) is 0 Å². The van der Waals surface area contributed by atoms with E-state index in [0.717, 1.165) is 25.1 Å². The third kappa shape index (κ3) is 4.64. The lowest BCUT2D eigenvalue weighted by Crippen LogP contribution is -2.61. The van der Waals surface area contributed by atoms with Crippen LogP contribution in [-0.2, 0) is 22.5 Å². The number of ether oxygens (including phenoxy) is 2. The van der Waals surface area contributed by atoms with Gasteiger partial charge in [-0.3, -0.25) is 9.88 Å². The topological polar surface area (TPSA) is 54.9 Å². The van der Waals surface area contributed by atoms with Crippen molar-refractivity contribution in [2.75, 3.05) is 32.8 Å². The second-order valence-electron chi connectivity index (χ2n) is 7.16. The number of benzene rings is 1. The molecule has 0 spiro atoms. The Hall–Kier alpha value is -2.44. The number of hydrogen-bond donors (Lipinski definition) is 0. The van der Waals surface area contributed by atoms with E-state index >= 15 is 0 Å². The summed E-state index contributed by atoms with van der Waals surface area (Å²) in [6, 6.07) is 14.1. The molecule has 1 aromatic carbocycles. The highest BCUT2D eigenvalue weighted by Crippen LogP contribution is 2.20. The van der Waals surface area contributed by atoms with Crippen LogP contribution in [0.15, 0.2) is 54.9 Å². The Labute approximate surface area is 159 Å². The molecule has 0 unspecified atom stereocenters. The number of piperazine rings is 1. The van der Waals surface area contributed by atoms with Crippen molar-refractivity contribution in [1.82, 2.24) is 14.8 Å². The fourth-order valence-electron chi connectivity index (χ4n) is 3.73. The van der Waals surface area contributed by atoms with Gasteiger partial charge < -0.3 is 14.4 Å². The summed E-state index contributed by atoms with van der Waals surface area (Å²) in [5.41, 5.74) is 2.20. The predicted molar refractivity (Wildman–Crippen MR) is 101 cm³/mol. The van der Waals surface area contributed by atoms with Gasteiger partial charge in [-0.2, -0.15) is 0 Å². The molecule has 2 fully saturated rings. The summed E-state index contributed by atoms with van der Waals surface area (Å²) in [6.07, 6.45) is 4.51. The standard InChI is InChI=1S/C21H25N3O3/c25-21(27-15-17-5-2-1-3-6-17)24-10-9-23-14-20(26-16-19(23)13-24)11-18-7-4-8-22-12-18/h1-8,12,19-20H,9-11,13-16H2/t19-,20+/m1/s1. The van der Waals surface area contributed by atoms with Crippen molar-refractivity contribution in [3.8, 4) is 0 Å². The molecule has 1 aromatic heterocycles. The van der Waals surface area contributed by atoms with Gasteiger partial charge in [-0.05, 0) is 17.2 Å². The van der Waals surface area contributed by atoms with Crippen LogP contribution in [0.3, 0.4) is 0 Å². The van der Waals surface area contributed by atoms with Crippen LogP contribution in [0.1, 0.15) is 11.1 Å². The largest absolute Gasteiger partial charge is 0.445 e. The summed E-state index contributed by atoms with van der Waals surface area (Å²) in [4.78, 5) is 20.8. The van der Waals surface area contributed by atoms with E-state index in [-0.39, 0.29) is 18.2 Å². The van der Waals surface area contributed by atoms with E-state index < -0.39 is 0 Å². The second kappa shape index (κ2) is 8.50. The summed E-state index contributed by atoms with van der Waals surface area (Å²) in [6.45, 7) is 4.07. The molecular formula is C21H25N3O3. The Morgan fingerprint density at radius 1 is 1.11 bits per heavy atom. The molecule has 2 saturated heterocycles. The van der Waals surface area contributed by atoms with E-state index in [1.54, 1.807) is 11.1 Å². The zero-order valence-corrected chi connectivity index (χ0v) is 15.4. The van der Waals surface area contributed by atoms with Gasteiger partial charge in [-0.15, -0.1) is 0 Å². The molecule has 3 heterocycles. The number of morpholine rings is 1. The maximum atomic E-state index is 12.4. The van der Waals surface area contributed by atoms with Crippen LogP contribution >= 0.6 is 0 Å². The molecule has 1 amide bonds. The molecule has 0 aliphatic carbocycles. The fourth-order valence-corrected chi connectivity index (χ4v) is 3.73. The van der Waals surface area contributed by atoms with E-state index in [0.29, 0.717) is 26.3 Å². The first-order chi connectivity index (χ1) is 13.3. The number of carbonyl (C=O) groups is 1. The predicted octanol–water partition coefficient (Wildman–Crippen LogP) is 2.35. The third-order valence-electron chi connectivity index (χ3n) is 5.22. The quantitative estimate of drug-likeness (QED) is 0.830. The normalized spacial score (nSPS) is 22.9. The Morgan fingerprint density at radius 3 is 2.78 bits per heavy atom. The second-order valence-corrected chi connectivity index (χ2v) is 7.16. The highest BCUT2D eigenvalue weighted by molar-refractivity contribution is 5.67. The number of fused-ring (bicyclic) bond motifs is 1. The Bertz CT molecular complexity index is 741. The molecule has 0 bridgehead atoms. The molecule has 2 aromatic rings. The molecule has 0 saturated carbocycles. The smallest absolute Gasteiger partial charge is 0.410 e. The maximum Gasteiger partial charge on any atom is 0.410 e. The minimum atomic E-state index is -0.240. The van der Waals surface area contributed by atoms with E-state index in [1.807, 2.05) is 42.6 Å². The highest BCUT2D eigenvalue weighted by Gasteiger charge is 2.35. The first-order valence-electron chi connectivity index (χ1n) is 9.48. The zero-order chi connectivity index (χ0) is 18.5. The lowest BCUT2D eigenvalue weighted by Gasteiger charge is -2.45. The maximum absolute atomic E-state index is 12.4. The van der Waals surface area contributed by atoms with Gasteiger partial charge in [0, 0.05) is 45.0 Å². The van der Waals surface area contributed by atoms with Crippen LogP contribution in [0.25, 0.3) is 0 Å². The molecule has 27 heavy (non-hydrogen) atoms. The highest BCUT2D eigenvalue weighted by atomic mass is 16.6. The van der Waals surface area contributed by atoms with Crippen molar-refractivity contribution in [3.05, 3.63) is 66.0 Å². The zero-order valence-electron chi connectivity index (χ0n) is 15.4. The molecular weight excluding hydrogens is 342 g/mol. The number of pyridine rings is 1. The Balaban J connectivity index is 1.25. The van der Waals surface area contributed by atoms with Crippen molar-refractivity contribution >= 4 is 6.09 Å². The molecule has 2 atom stereocenters. The van der Waals surface area contributed by atoms with E-state index in [2.05, 4.69) is 16.0 Å². The minimum absolute atomic E-state index is 0.182. The van der Waals surface area contributed by atoms with Gasteiger partial charge in [-0.1, -0.05) is 36.4 Å². The molecule has 4 rings (SSSR count). The number of hydrogen-bond acceptors (Lipinski definition) is 5. The van der Waals surface area contributed by atoms with Gasteiger partial charge in [0.2, 0.25) is 0 Å².